The van der Waals surface area contributed by atoms with Gasteiger partial charge in [-0.15, -0.1) is 0 Å². The number of fused-ring (bicyclic) bond motifs is 4. The number of aromatic nitrogens is 1. The highest BCUT2D eigenvalue weighted by atomic mass is 16.3. The molecule has 0 N–H and O–H groups in total. The Balaban J connectivity index is 1.66. The lowest BCUT2D eigenvalue weighted by molar-refractivity contribution is 0.535. The zero-order chi connectivity index (χ0) is 22.9. The van der Waals surface area contributed by atoms with E-state index in [1.807, 2.05) is 24.4 Å². The van der Waals surface area contributed by atoms with Crippen LogP contribution in [0, 0.1) is 20.8 Å². The fourth-order valence-corrected chi connectivity index (χ4v) is 5.45. The molecule has 4 nitrogen and oxygen atoms in total. The summed E-state index contributed by atoms with van der Waals surface area (Å²) in [5, 5.41) is 2.27. The number of furan rings is 1. The van der Waals surface area contributed by atoms with Crippen LogP contribution in [0.15, 0.2) is 77.3 Å². The van der Waals surface area contributed by atoms with Crippen LogP contribution in [0.5, 0.6) is 0 Å². The molecule has 5 aromatic rings. The van der Waals surface area contributed by atoms with E-state index in [-0.39, 0.29) is 0 Å². The molecule has 164 valence electrons. The molecule has 33 heavy (non-hydrogen) atoms. The molecule has 0 unspecified atom stereocenters. The van der Waals surface area contributed by atoms with Crippen molar-refractivity contribution >= 4 is 44.8 Å². The van der Waals surface area contributed by atoms with Crippen molar-refractivity contribution < 1.29 is 4.42 Å². The van der Waals surface area contributed by atoms with Gasteiger partial charge in [-0.1, -0.05) is 36.4 Å². The molecule has 0 saturated carbocycles. The first-order chi connectivity index (χ1) is 15.9. The van der Waals surface area contributed by atoms with Crippen molar-refractivity contribution in [1.29, 1.82) is 0 Å². The maximum atomic E-state index is 6.48. The second-order valence-corrected chi connectivity index (χ2v) is 9.56. The lowest BCUT2D eigenvalue weighted by atomic mass is 10.0. The molecule has 0 aliphatic carbocycles. The van der Waals surface area contributed by atoms with Crippen LogP contribution in [0.25, 0.3) is 21.9 Å². The number of pyridine rings is 1. The van der Waals surface area contributed by atoms with E-state index in [0.29, 0.717) is 0 Å². The van der Waals surface area contributed by atoms with Gasteiger partial charge in [0.1, 0.15) is 11.2 Å². The van der Waals surface area contributed by atoms with Crippen molar-refractivity contribution in [3.8, 4) is 0 Å². The van der Waals surface area contributed by atoms with Crippen molar-refractivity contribution in [1.82, 2.24) is 4.98 Å². The fourth-order valence-electron chi connectivity index (χ4n) is 5.45. The van der Waals surface area contributed by atoms with Crippen molar-refractivity contribution in [3.05, 3.63) is 89.6 Å². The molecule has 0 bridgehead atoms. The molecule has 0 fully saturated rings. The van der Waals surface area contributed by atoms with Crippen LogP contribution in [0.2, 0.25) is 0 Å². The Morgan fingerprint density at radius 1 is 0.788 bits per heavy atom. The number of aryl methyl sites for hydroxylation is 3. The minimum Gasteiger partial charge on any atom is -0.454 e. The molecular weight excluding hydrogens is 406 g/mol. The third-order valence-electron chi connectivity index (χ3n) is 6.72. The second-order valence-electron chi connectivity index (χ2n) is 9.56. The molecule has 0 radical (unpaired) electrons. The molecule has 1 aliphatic rings. The van der Waals surface area contributed by atoms with E-state index in [2.05, 4.69) is 92.9 Å². The van der Waals surface area contributed by atoms with E-state index < -0.39 is 5.66 Å². The average Bonchev–Trinajstić information content (AvgIpc) is 3.25. The SMILES string of the molecule is Cc1cc(C)cc(N2c3cccnc3N(c3c(C)ccc4c3oc3ccccc34)C2(C)C)c1. The minimum absolute atomic E-state index is 0.408. The second kappa shape index (κ2) is 6.85. The summed E-state index contributed by atoms with van der Waals surface area (Å²) in [7, 11) is 0. The van der Waals surface area contributed by atoms with E-state index >= 15 is 0 Å². The molecule has 0 saturated heterocycles. The predicted octanol–water partition coefficient (Wildman–Crippen LogP) is 7.93. The molecule has 0 amide bonds. The monoisotopic (exact) mass is 433 g/mol. The summed E-state index contributed by atoms with van der Waals surface area (Å²) in [4.78, 5) is 9.62. The van der Waals surface area contributed by atoms with Crippen molar-refractivity contribution in [2.24, 2.45) is 0 Å². The molecule has 4 heteroatoms. The van der Waals surface area contributed by atoms with E-state index in [4.69, 9.17) is 9.40 Å². The number of benzene rings is 3. The molecule has 2 aromatic heterocycles. The van der Waals surface area contributed by atoms with Gasteiger partial charge in [0.15, 0.2) is 11.4 Å². The molecule has 1 aliphatic heterocycles. The Kier molecular flexibility index (Phi) is 4.12. The number of anilines is 4. The lowest BCUT2D eigenvalue weighted by Crippen LogP contribution is -2.48. The van der Waals surface area contributed by atoms with Gasteiger partial charge >= 0.3 is 0 Å². The van der Waals surface area contributed by atoms with Crippen LogP contribution in [-0.4, -0.2) is 10.6 Å². The Morgan fingerprint density at radius 3 is 2.33 bits per heavy atom. The number of hydrogen-bond acceptors (Lipinski definition) is 4. The van der Waals surface area contributed by atoms with Gasteiger partial charge < -0.3 is 9.32 Å². The number of nitrogens with zero attached hydrogens (tertiary/aromatic N) is 3. The molecule has 0 atom stereocenters. The van der Waals surface area contributed by atoms with Crippen molar-refractivity contribution in [2.45, 2.75) is 40.3 Å². The smallest absolute Gasteiger partial charge is 0.159 e. The first kappa shape index (κ1) is 19.9. The summed E-state index contributed by atoms with van der Waals surface area (Å²) < 4.78 is 6.48. The quantitative estimate of drug-likeness (QED) is 0.283. The molecule has 0 spiro atoms. The van der Waals surface area contributed by atoms with Gasteiger partial charge in [0.05, 0.1) is 11.4 Å². The summed E-state index contributed by atoms with van der Waals surface area (Å²) in [5.41, 5.74) is 8.40. The number of rotatable bonds is 2. The van der Waals surface area contributed by atoms with E-state index in [1.54, 1.807) is 0 Å². The minimum atomic E-state index is -0.408. The van der Waals surface area contributed by atoms with Crippen LogP contribution < -0.4 is 9.80 Å². The zero-order valence-electron chi connectivity index (χ0n) is 19.7. The maximum Gasteiger partial charge on any atom is 0.159 e. The zero-order valence-corrected chi connectivity index (χ0v) is 19.7. The van der Waals surface area contributed by atoms with E-state index in [9.17, 15) is 0 Å². The summed E-state index contributed by atoms with van der Waals surface area (Å²) in [6, 6.07) is 23.5. The molecular formula is C29H27N3O. The van der Waals surface area contributed by atoms with Gasteiger partial charge in [-0.3, -0.25) is 4.90 Å². The molecule has 3 aromatic carbocycles. The molecule has 3 heterocycles. The van der Waals surface area contributed by atoms with E-state index in [0.717, 1.165) is 44.7 Å². The summed E-state index contributed by atoms with van der Waals surface area (Å²) in [6.45, 7) is 11.0. The summed E-state index contributed by atoms with van der Waals surface area (Å²) in [5.74, 6) is 0.942. The third-order valence-corrected chi connectivity index (χ3v) is 6.72. The average molecular weight is 434 g/mol. The lowest BCUT2D eigenvalue weighted by Gasteiger charge is -2.40. The van der Waals surface area contributed by atoms with Crippen molar-refractivity contribution in [3.63, 3.8) is 0 Å². The topological polar surface area (TPSA) is 32.5 Å². The summed E-state index contributed by atoms with van der Waals surface area (Å²) >= 11 is 0. The van der Waals surface area contributed by atoms with Gasteiger partial charge in [0.2, 0.25) is 0 Å². The number of hydrogen-bond donors (Lipinski definition) is 0. The predicted molar refractivity (Wildman–Crippen MR) is 137 cm³/mol. The largest absolute Gasteiger partial charge is 0.454 e. The first-order valence-corrected chi connectivity index (χ1v) is 11.4. The van der Waals surface area contributed by atoms with Crippen LogP contribution in [0.3, 0.4) is 0 Å². The van der Waals surface area contributed by atoms with Crippen LogP contribution in [0.4, 0.5) is 22.9 Å². The normalized spacial score (nSPS) is 14.9. The van der Waals surface area contributed by atoms with Crippen LogP contribution in [-0.2, 0) is 0 Å². The highest BCUT2D eigenvalue weighted by Gasteiger charge is 2.46. The van der Waals surface area contributed by atoms with Crippen molar-refractivity contribution in [2.75, 3.05) is 9.80 Å². The Bertz CT molecular complexity index is 1530. The van der Waals surface area contributed by atoms with Gasteiger partial charge in [-0.05, 0) is 81.6 Å². The van der Waals surface area contributed by atoms with Crippen LogP contribution in [0.1, 0.15) is 30.5 Å². The van der Waals surface area contributed by atoms with Crippen LogP contribution >= 0.6 is 0 Å². The Morgan fingerprint density at radius 2 is 1.55 bits per heavy atom. The van der Waals surface area contributed by atoms with Gasteiger partial charge in [-0.2, -0.15) is 0 Å². The van der Waals surface area contributed by atoms with Gasteiger partial charge in [0, 0.05) is 22.7 Å². The highest BCUT2D eigenvalue weighted by Crippen LogP contribution is 2.54. The molecule has 6 rings (SSSR count). The maximum absolute atomic E-state index is 6.48. The van der Waals surface area contributed by atoms with Gasteiger partial charge in [-0.25, -0.2) is 4.98 Å². The number of para-hydroxylation sites is 1. The Labute approximate surface area is 194 Å². The highest BCUT2D eigenvalue weighted by molar-refractivity contribution is 6.11. The first-order valence-electron chi connectivity index (χ1n) is 11.4. The van der Waals surface area contributed by atoms with Gasteiger partial charge in [0.25, 0.3) is 0 Å². The summed E-state index contributed by atoms with van der Waals surface area (Å²) in [6.07, 6.45) is 1.88. The fraction of sp³-hybridized carbons (Fsp3) is 0.207. The van der Waals surface area contributed by atoms with E-state index in [1.165, 1.54) is 16.8 Å². The Hall–Kier alpha value is -3.79. The standard InChI is InChI=1S/C29H27N3O/c1-18-15-19(2)17-21(16-18)31-24-10-8-14-30-28(24)32(29(31,4)5)26-20(3)12-13-23-22-9-6-7-11-25(22)33-27(23)26/h6-17H,1-5H3. The third kappa shape index (κ3) is 2.80.